The lowest BCUT2D eigenvalue weighted by molar-refractivity contribution is 0.571. The summed E-state index contributed by atoms with van der Waals surface area (Å²) < 4.78 is 1.86. The Balaban J connectivity index is 1.64. The second-order valence-corrected chi connectivity index (χ2v) is 9.35. The molecule has 27 heavy (non-hydrogen) atoms. The number of benzene rings is 1. The van der Waals surface area contributed by atoms with E-state index in [2.05, 4.69) is 11.1 Å². The minimum absolute atomic E-state index is 0.152. The summed E-state index contributed by atoms with van der Waals surface area (Å²) in [6, 6.07) is 9.74. The van der Waals surface area contributed by atoms with Gasteiger partial charge in [0.2, 0.25) is 0 Å². The molecule has 0 aliphatic heterocycles. The Morgan fingerprint density at radius 1 is 1.15 bits per heavy atom. The topological polar surface area (TPSA) is 34.9 Å². The molecule has 0 spiro atoms. The fraction of sp³-hybridized carbons (Fsp3) is 0.300. The number of hydrogen-bond acceptors (Lipinski definition) is 4. The first-order chi connectivity index (χ1) is 13.1. The van der Waals surface area contributed by atoms with Gasteiger partial charge in [0.15, 0.2) is 0 Å². The number of hydrogen-bond donors (Lipinski definition) is 0. The van der Waals surface area contributed by atoms with Gasteiger partial charge in [0.25, 0.3) is 0 Å². The van der Waals surface area contributed by atoms with Crippen molar-refractivity contribution in [2.24, 2.45) is 0 Å². The van der Waals surface area contributed by atoms with E-state index in [0.29, 0.717) is 22.3 Å². The molecule has 4 rings (SSSR count). The fourth-order valence-corrected chi connectivity index (χ4v) is 5.40. The number of nitrogens with zero attached hydrogens (tertiary/aromatic N) is 2. The highest BCUT2D eigenvalue weighted by molar-refractivity contribution is 7.98. The fourth-order valence-electron chi connectivity index (χ4n) is 3.37. The average Bonchev–Trinajstić information content (AvgIpc) is 3.18. The zero-order valence-electron chi connectivity index (χ0n) is 14.6. The molecule has 0 fully saturated rings. The number of aromatic nitrogens is 2. The van der Waals surface area contributed by atoms with Crippen LogP contribution in [0.15, 0.2) is 45.5 Å². The minimum atomic E-state index is -0.152. The van der Waals surface area contributed by atoms with Gasteiger partial charge in [-0.25, -0.2) is 4.79 Å². The third-order valence-corrected chi connectivity index (χ3v) is 7.39. The Labute approximate surface area is 176 Å². The first-order valence-corrected chi connectivity index (χ1v) is 11.5. The van der Waals surface area contributed by atoms with Crippen LogP contribution in [0.25, 0.3) is 0 Å². The molecule has 140 valence electrons. The van der Waals surface area contributed by atoms with Crippen LogP contribution in [-0.2, 0) is 25.1 Å². The molecule has 0 atom stereocenters. The summed E-state index contributed by atoms with van der Waals surface area (Å²) in [7, 11) is 0. The predicted molar refractivity (Wildman–Crippen MR) is 115 cm³/mol. The highest BCUT2D eigenvalue weighted by Gasteiger charge is 2.21. The Bertz CT molecular complexity index is 1020. The zero-order valence-corrected chi connectivity index (χ0v) is 17.7. The van der Waals surface area contributed by atoms with E-state index >= 15 is 0 Å². The molecular formula is C20H18Cl2N2OS2. The maximum atomic E-state index is 12.8. The van der Waals surface area contributed by atoms with E-state index in [1.54, 1.807) is 23.1 Å². The van der Waals surface area contributed by atoms with Crippen molar-refractivity contribution < 1.29 is 0 Å². The van der Waals surface area contributed by atoms with Crippen LogP contribution in [0.5, 0.6) is 0 Å². The summed E-state index contributed by atoms with van der Waals surface area (Å²) in [5.74, 6) is 0.713. The SMILES string of the molecule is O=c1nc(SCc2ccc(Cl)c(Cl)c2)c2c(n1Cc1cccs1)CCCC2. The molecule has 2 aromatic heterocycles. The number of thioether (sulfide) groups is 1. The quantitative estimate of drug-likeness (QED) is 0.372. The highest BCUT2D eigenvalue weighted by Crippen LogP contribution is 2.32. The standard InChI is InChI=1S/C20H18Cl2N2OS2/c21-16-8-7-13(10-17(16)22)12-27-19-15-5-1-2-6-18(15)24(20(25)23-19)11-14-4-3-9-26-14/h3-4,7-10H,1-2,5-6,11-12H2. The van der Waals surface area contributed by atoms with Crippen molar-refractivity contribution >= 4 is 46.3 Å². The monoisotopic (exact) mass is 436 g/mol. The number of halogens is 2. The van der Waals surface area contributed by atoms with E-state index in [0.717, 1.165) is 42.0 Å². The molecular weight excluding hydrogens is 419 g/mol. The number of fused-ring (bicyclic) bond motifs is 1. The Morgan fingerprint density at radius 3 is 2.78 bits per heavy atom. The van der Waals surface area contributed by atoms with Gasteiger partial charge in [-0.2, -0.15) is 4.98 Å². The zero-order chi connectivity index (χ0) is 18.8. The molecule has 0 saturated carbocycles. The molecule has 1 aromatic carbocycles. The van der Waals surface area contributed by atoms with E-state index < -0.39 is 0 Å². The van der Waals surface area contributed by atoms with Crippen LogP contribution in [0.3, 0.4) is 0 Å². The molecule has 0 amide bonds. The summed E-state index contributed by atoms with van der Waals surface area (Å²) >= 11 is 15.4. The number of rotatable bonds is 5. The van der Waals surface area contributed by atoms with E-state index in [9.17, 15) is 4.79 Å². The van der Waals surface area contributed by atoms with Crippen LogP contribution in [0.2, 0.25) is 10.0 Å². The predicted octanol–water partition coefficient (Wildman–Crippen LogP) is 5.83. The van der Waals surface area contributed by atoms with E-state index in [1.807, 2.05) is 34.2 Å². The highest BCUT2D eigenvalue weighted by atomic mass is 35.5. The maximum absolute atomic E-state index is 12.8. The summed E-state index contributed by atoms with van der Waals surface area (Å²) in [5.41, 5.74) is 3.32. The molecule has 0 saturated heterocycles. The van der Waals surface area contributed by atoms with Crippen LogP contribution < -0.4 is 5.69 Å². The van der Waals surface area contributed by atoms with Crippen LogP contribution >= 0.6 is 46.3 Å². The average molecular weight is 437 g/mol. The summed E-state index contributed by atoms with van der Waals surface area (Å²) in [4.78, 5) is 18.4. The lowest BCUT2D eigenvalue weighted by Crippen LogP contribution is -2.30. The Kier molecular flexibility index (Phi) is 5.93. The first-order valence-electron chi connectivity index (χ1n) is 8.83. The molecule has 0 radical (unpaired) electrons. The van der Waals surface area contributed by atoms with E-state index in [4.69, 9.17) is 23.2 Å². The lowest BCUT2D eigenvalue weighted by atomic mass is 9.97. The maximum Gasteiger partial charge on any atom is 0.349 e. The van der Waals surface area contributed by atoms with Gasteiger partial charge in [-0.15, -0.1) is 23.1 Å². The molecule has 1 aliphatic rings. The van der Waals surface area contributed by atoms with Gasteiger partial charge in [0, 0.05) is 21.9 Å². The van der Waals surface area contributed by atoms with Crippen molar-refractivity contribution in [3.8, 4) is 0 Å². The van der Waals surface area contributed by atoms with Crippen molar-refractivity contribution in [1.82, 2.24) is 9.55 Å². The van der Waals surface area contributed by atoms with Crippen molar-refractivity contribution in [2.45, 2.75) is 43.0 Å². The molecule has 0 unspecified atom stereocenters. The molecule has 1 aliphatic carbocycles. The van der Waals surface area contributed by atoms with Crippen molar-refractivity contribution in [1.29, 1.82) is 0 Å². The molecule has 3 nitrogen and oxygen atoms in total. The first kappa shape index (κ1) is 19.1. The molecule has 2 heterocycles. The van der Waals surface area contributed by atoms with Gasteiger partial charge >= 0.3 is 5.69 Å². The van der Waals surface area contributed by atoms with Crippen molar-refractivity contribution in [3.05, 3.63) is 77.9 Å². The largest absolute Gasteiger partial charge is 0.349 e. The number of thiophene rings is 1. The Hall–Kier alpha value is -1.27. The lowest BCUT2D eigenvalue weighted by Gasteiger charge is -2.22. The van der Waals surface area contributed by atoms with E-state index in [1.165, 1.54) is 10.4 Å². The normalized spacial score (nSPS) is 13.6. The Morgan fingerprint density at radius 2 is 2.00 bits per heavy atom. The van der Waals surface area contributed by atoms with Gasteiger partial charge < -0.3 is 0 Å². The second-order valence-electron chi connectivity index (χ2n) is 6.53. The molecule has 0 N–H and O–H groups in total. The van der Waals surface area contributed by atoms with Gasteiger partial charge in [0.1, 0.15) is 5.03 Å². The van der Waals surface area contributed by atoms with Crippen LogP contribution in [-0.4, -0.2) is 9.55 Å². The third-order valence-electron chi connectivity index (χ3n) is 4.70. The van der Waals surface area contributed by atoms with Crippen molar-refractivity contribution in [2.75, 3.05) is 0 Å². The smallest absolute Gasteiger partial charge is 0.291 e. The van der Waals surface area contributed by atoms with Crippen molar-refractivity contribution in [3.63, 3.8) is 0 Å². The van der Waals surface area contributed by atoms with Gasteiger partial charge in [-0.1, -0.05) is 35.3 Å². The van der Waals surface area contributed by atoms with Crippen LogP contribution in [0.4, 0.5) is 0 Å². The molecule has 0 bridgehead atoms. The van der Waals surface area contributed by atoms with Gasteiger partial charge in [-0.3, -0.25) is 4.57 Å². The molecule has 3 aromatic rings. The minimum Gasteiger partial charge on any atom is -0.291 e. The summed E-state index contributed by atoms with van der Waals surface area (Å²) in [5, 5.41) is 4.01. The van der Waals surface area contributed by atoms with E-state index in [-0.39, 0.29) is 5.69 Å². The van der Waals surface area contributed by atoms with Gasteiger partial charge in [0.05, 0.1) is 16.6 Å². The second kappa shape index (κ2) is 8.39. The summed E-state index contributed by atoms with van der Waals surface area (Å²) in [6.07, 6.45) is 4.19. The van der Waals surface area contributed by atoms with Crippen LogP contribution in [0.1, 0.15) is 34.5 Å². The third kappa shape index (κ3) is 4.27. The van der Waals surface area contributed by atoms with Gasteiger partial charge in [-0.05, 0) is 54.8 Å². The summed E-state index contributed by atoms with van der Waals surface area (Å²) in [6.45, 7) is 0.615. The molecule has 7 heteroatoms. The van der Waals surface area contributed by atoms with Crippen LogP contribution in [0, 0.1) is 0 Å².